The van der Waals surface area contributed by atoms with E-state index in [0.717, 1.165) is 12.8 Å². The molecule has 0 aromatic rings. The van der Waals surface area contributed by atoms with Gasteiger partial charge in [0.2, 0.25) is 0 Å². The second-order valence-electron chi connectivity index (χ2n) is 3.01. The highest BCUT2D eigenvalue weighted by atomic mass is 19.3. The summed E-state index contributed by atoms with van der Waals surface area (Å²) in [5, 5.41) is 0. The SMILES string of the molecule is CCCC[C@@H](C)C(F)(F)CN. The van der Waals surface area contributed by atoms with Gasteiger partial charge in [-0.1, -0.05) is 26.7 Å². The third kappa shape index (κ3) is 3.65. The average Bonchev–Trinajstić information content (AvgIpc) is 2.00. The Morgan fingerprint density at radius 1 is 1.45 bits per heavy atom. The molecule has 0 fully saturated rings. The van der Waals surface area contributed by atoms with Crippen LogP contribution in [0.15, 0.2) is 0 Å². The van der Waals surface area contributed by atoms with Crippen molar-refractivity contribution in [3.8, 4) is 0 Å². The van der Waals surface area contributed by atoms with Crippen LogP contribution in [0.3, 0.4) is 0 Å². The van der Waals surface area contributed by atoms with Crippen LogP contribution in [0.2, 0.25) is 0 Å². The molecule has 0 saturated heterocycles. The molecule has 0 rings (SSSR count). The summed E-state index contributed by atoms with van der Waals surface area (Å²) in [6.45, 7) is 3.02. The number of unbranched alkanes of at least 4 members (excludes halogenated alkanes) is 1. The quantitative estimate of drug-likeness (QED) is 0.665. The number of halogens is 2. The molecule has 0 unspecified atom stereocenters. The van der Waals surface area contributed by atoms with E-state index < -0.39 is 18.4 Å². The van der Waals surface area contributed by atoms with E-state index in [4.69, 9.17) is 5.73 Å². The van der Waals surface area contributed by atoms with Gasteiger partial charge in [-0.25, -0.2) is 8.78 Å². The van der Waals surface area contributed by atoms with Crippen LogP contribution in [-0.2, 0) is 0 Å². The number of alkyl halides is 2. The summed E-state index contributed by atoms with van der Waals surface area (Å²) in [5.41, 5.74) is 4.93. The van der Waals surface area contributed by atoms with Gasteiger partial charge < -0.3 is 5.73 Å². The van der Waals surface area contributed by atoms with Crippen molar-refractivity contribution < 1.29 is 8.78 Å². The molecular weight excluding hydrogens is 148 g/mol. The van der Waals surface area contributed by atoms with Crippen LogP contribution in [0.25, 0.3) is 0 Å². The first-order valence-corrected chi connectivity index (χ1v) is 4.12. The first kappa shape index (κ1) is 10.8. The monoisotopic (exact) mass is 165 g/mol. The maximum absolute atomic E-state index is 12.7. The molecule has 68 valence electrons. The zero-order valence-corrected chi connectivity index (χ0v) is 7.24. The largest absolute Gasteiger partial charge is 0.325 e. The summed E-state index contributed by atoms with van der Waals surface area (Å²) >= 11 is 0. The lowest BCUT2D eigenvalue weighted by Crippen LogP contribution is -2.34. The Labute approximate surface area is 67.0 Å². The van der Waals surface area contributed by atoms with Crippen LogP contribution in [0.1, 0.15) is 33.1 Å². The fourth-order valence-corrected chi connectivity index (χ4v) is 0.923. The van der Waals surface area contributed by atoms with Gasteiger partial charge in [0, 0.05) is 5.92 Å². The Kier molecular flexibility index (Phi) is 4.57. The van der Waals surface area contributed by atoms with Gasteiger partial charge in [-0.2, -0.15) is 0 Å². The maximum Gasteiger partial charge on any atom is 0.262 e. The zero-order valence-electron chi connectivity index (χ0n) is 7.24. The van der Waals surface area contributed by atoms with Gasteiger partial charge in [-0.05, 0) is 6.42 Å². The molecule has 0 radical (unpaired) electrons. The summed E-state index contributed by atoms with van der Waals surface area (Å²) in [6, 6.07) is 0. The van der Waals surface area contributed by atoms with Crippen molar-refractivity contribution in [2.24, 2.45) is 11.7 Å². The maximum atomic E-state index is 12.7. The Morgan fingerprint density at radius 3 is 2.36 bits per heavy atom. The van der Waals surface area contributed by atoms with Gasteiger partial charge in [0.05, 0.1) is 6.54 Å². The minimum atomic E-state index is -2.67. The predicted molar refractivity (Wildman–Crippen MR) is 42.7 cm³/mol. The molecule has 0 aromatic heterocycles. The van der Waals surface area contributed by atoms with Crippen LogP contribution >= 0.6 is 0 Å². The highest BCUT2D eigenvalue weighted by Gasteiger charge is 2.33. The van der Waals surface area contributed by atoms with E-state index in [1.807, 2.05) is 6.92 Å². The number of nitrogens with two attached hydrogens (primary N) is 1. The molecule has 0 heterocycles. The first-order valence-electron chi connectivity index (χ1n) is 4.12. The van der Waals surface area contributed by atoms with Crippen LogP contribution < -0.4 is 5.73 Å². The molecule has 1 atom stereocenters. The summed E-state index contributed by atoms with van der Waals surface area (Å²) in [7, 11) is 0. The Balaban J connectivity index is 3.71. The third-order valence-electron chi connectivity index (χ3n) is 1.98. The van der Waals surface area contributed by atoms with E-state index in [-0.39, 0.29) is 0 Å². The summed E-state index contributed by atoms with van der Waals surface area (Å²) in [5.74, 6) is -3.25. The Bertz CT molecular complexity index is 104. The molecule has 0 saturated carbocycles. The zero-order chi connectivity index (χ0) is 8.91. The predicted octanol–water partition coefficient (Wildman–Crippen LogP) is 2.41. The Morgan fingerprint density at radius 2 is 2.00 bits per heavy atom. The lowest BCUT2D eigenvalue weighted by molar-refractivity contribution is -0.0454. The van der Waals surface area contributed by atoms with Crippen LogP contribution in [0, 0.1) is 5.92 Å². The van der Waals surface area contributed by atoms with Crippen molar-refractivity contribution in [3.05, 3.63) is 0 Å². The van der Waals surface area contributed by atoms with Gasteiger partial charge in [-0.15, -0.1) is 0 Å². The third-order valence-corrected chi connectivity index (χ3v) is 1.98. The highest BCUT2D eigenvalue weighted by molar-refractivity contribution is 4.73. The lowest BCUT2D eigenvalue weighted by Gasteiger charge is -2.21. The topological polar surface area (TPSA) is 26.0 Å². The van der Waals surface area contributed by atoms with Crippen molar-refractivity contribution >= 4 is 0 Å². The van der Waals surface area contributed by atoms with Gasteiger partial charge >= 0.3 is 0 Å². The van der Waals surface area contributed by atoms with Crippen LogP contribution in [-0.4, -0.2) is 12.5 Å². The standard InChI is InChI=1S/C8H17F2N/c1-3-4-5-7(2)8(9,10)6-11/h7H,3-6,11H2,1-2H3/t7-/m1/s1. The van der Waals surface area contributed by atoms with Crippen molar-refractivity contribution in [3.63, 3.8) is 0 Å². The summed E-state index contributed by atoms with van der Waals surface area (Å²) in [6.07, 6.45) is 2.39. The van der Waals surface area contributed by atoms with E-state index in [1.165, 1.54) is 0 Å². The van der Waals surface area contributed by atoms with Crippen molar-refractivity contribution in [2.45, 2.75) is 39.0 Å². The molecule has 0 aliphatic rings. The number of rotatable bonds is 5. The molecule has 2 N–H and O–H groups in total. The molecular formula is C8H17F2N. The fraction of sp³-hybridized carbons (Fsp3) is 1.00. The van der Waals surface area contributed by atoms with Crippen LogP contribution in [0.5, 0.6) is 0 Å². The molecule has 0 aliphatic heterocycles. The van der Waals surface area contributed by atoms with Gasteiger partial charge in [0.1, 0.15) is 0 Å². The number of hydrogen-bond donors (Lipinski definition) is 1. The highest BCUT2D eigenvalue weighted by Crippen LogP contribution is 2.26. The average molecular weight is 165 g/mol. The fourth-order valence-electron chi connectivity index (χ4n) is 0.923. The summed E-state index contributed by atoms with van der Waals surface area (Å²) < 4.78 is 25.5. The second kappa shape index (κ2) is 4.65. The van der Waals surface area contributed by atoms with E-state index in [9.17, 15) is 8.78 Å². The summed E-state index contributed by atoms with van der Waals surface area (Å²) in [4.78, 5) is 0. The smallest absolute Gasteiger partial charge is 0.262 e. The van der Waals surface area contributed by atoms with Crippen molar-refractivity contribution in [1.82, 2.24) is 0 Å². The molecule has 0 aliphatic carbocycles. The number of hydrogen-bond acceptors (Lipinski definition) is 1. The molecule has 0 spiro atoms. The Hall–Kier alpha value is -0.180. The van der Waals surface area contributed by atoms with Crippen LogP contribution in [0.4, 0.5) is 8.78 Å². The van der Waals surface area contributed by atoms with Crippen molar-refractivity contribution in [1.29, 1.82) is 0 Å². The molecule has 0 amide bonds. The van der Waals surface area contributed by atoms with Gasteiger partial charge in [0.25, 0.3) is 5.92 Å². The van der Waals surface area contributed by atoms with E-state index in [1.54, 1.807) is 6.92 Å². The first-order chi connectivity index (χ1) is 5.04. The van der Waals surface area contributed by atoms with E-state index in [2.05, 4.69) is 0 Å². The minimum absolute atomic E-state index is 0.530. The van der Waals surface area contributed by atoms with Gasteiger partial charge in [0.15, 0.2) is 0 Å². The minimum Gasteiger partial charge on any atom is -0.325 e. The van der Waals surface area contributed by atoms with E-state index >= 15 is 0 Å². The van der Waals surface area contributed by atoms with E-state index in [0.29, 0.717) is 6.42 Å². The molecule has 1 nitrogen and oxygen atoms in total. The van der Waals surface area contributed by atoms with Crippen molar-refractivity contribution in [2.75, 3.05) is 6.54 Å². The molecule has 0 bridgehead atoms. The van der Waals surface area contributed by atoms with Gasteiger partial charge in [-0.3, -0.25) is 0 Å². The normalized spacial score (nSPS) is 15.0. The second-order valence-corrected chi connectivity index (χ2v) is 3.01. The lowest BCUT2D eigenvalue weighted by atomic mass is 9.97. The molecule has 0 aromatic carbocycles. The molecule has 11 heavy (non-hydrogen) atoms. The molecule has 3 heteroatoms.